The fraction of sp³-hybridized carbons (Fsp3) is 0.368. The lowest BCUT2D eigenvalue weighted by molar-refractivity contribution is -0.247. The molecule has 1 aromatic carbocycles. The molecule has 3 rings (SSSR count). The quantitative estimate of drug-likeness (QED) is 0.687. The molecule has 2 aromatic rings. The molecule has 0 spiro atoms. The summed E-state index contributed by atoms with van der Waals surface area (Å²) < 4.78 is 11.6. The summed E-state index contributed by atoms with van der Waals surface area (Å²) in [6.07, 6.45) is 5.92. The van der Waals surface area contributed by atoms with Crippen LogP contribution in [0.3, 0.4) is 0 Å². The molecule has 2 heterocycles. The Balaban J connectivity index is 2.18. The van der Waals surface area contributed by atoms with E-state index in [4.69, 9.17) is 9.47 Å². The highest BCUT2D eigenvalue weighted by molar-refractivity contribution is 5.90. The van der Waals surface area contributed by atoms with E-state index in [1.54, 1.807) is 6.07 Å². The minimum Gasteiger partial charge on any atom is -0.427 e. The lowest BCUT2D eigenvalue weighted by atomic mass is 9.95. The highest BCUT2D eigenvalue weighted by Gasteiger charge is 2.43. The number of aromatic amines is 1. The van der Waals surface area contributed by atoms with Gasteiger partial charge in [0.1, 0.15) is 0 Å². The van der Waals surface area contributed by atoms with Crippen molar-refractivity contribution in [2.45, 2.75) is 38.9 Å². The van der Waals surface area contributed by atoms with Crippen molar-refractivity contribution in [1.29, 1.82) is 5.26 Å². The van der Waals surface area contributed by atoms with Crippen molar-refractivity contribution in [3.05, 3.63) is 47.2 Å². The van der Waals surface area contributed by atoms with Gasteiger partial charge < -0.3 is 14.5 Å². The molecule has 0 saturated carbocycles. The number of carbonyl (C=O) groups is 1. The fourth-order valence-corrected chi connectivity index (χ4v) is 3.38. The first kappa shape index (κ1) is 16.3. The summed E-state index contributed by atoms with van der Waals surface area (Å²) >= 11 is 0. The number of hydrogen-bond acceptors (Lipinski definition) is 4. The van der Waals surface area contributed by atoms with Crippen LogP contribution in [-0.2, 0) is 26.5 Å². The second-order valence-corrected chi connectivity index (χ2v) is 5.87. The average molecular weight is 324 g/mol. The predicted molar refractivity (Wildman–Crippen MR) is 90.2 cm³/mol. The van der Waals surface area contributed by atoms with Crippen LogP contribution in [0.25, 0.3) is 10.9 Å². The van der Waals surface area contributed by atoms with E-state index in [1.165, 1.54) is 6.92 Å². The zero-order chi connectivity index (χ0) is 17.2. The molecule has 1 aromatic heterocycles. The molecule has 1 aliphatic rings. The van der Waals surface area contributed by atoms with Gasteiger partial charge >= 0.3 is 5.97 Å². The van der Waals surface area contributed by atoms with Crippen LogP contribution in [0.4, 0.5) is 0 Å². The number of ether oxygens (including phenoxy) is 2. The molecule has 0 bridgehead atoms. The molecule has 124 valence electrons. The van der Waals surface area contributed by atoms with Gasteiger partial charge in [0.15, 0.2) is 0 Å². The van der Waals surface area contributed by atoms with Crippen molar-refractivity contribution in [3.8, 4) is 6.07 Å². The van der Waals surface area contributed by atoms with Crippen LogP contribution in [0.2, 0.25) is 0 Å². The number of hydrogen-bond donors (Lipinski definition) is 1. The van der Waals surface area contributed by atoms with E-state index >= 15 is 0 Å². The smallest absolute Gasteiger partial charge is 0.305 e. The third-order valence-electron chi connectivity index (χ3n) is 4.30. The van der Waals surface area contributed by atoms with Crippen LogP contribution < -0.4 is 0 Å². The van der Waals surface area contributed by atoms with E-state index in [0.29, 0.717) is 25.0 Å². The standard InChI is InChI=1S/C19H20N2O3/c1-3-4-5-10-19(24-13(2)22)18-15(9-11-23-19)17-14(12-20)7-6-8-16(17)21-18/h3-4,6-8,21H,5,9-11H2,1-2H3. The molecular formula is C19H20N2O3. The predicted octanol–water partition coefficient (Wildman–Crippen LogP) is 3.68. The molecule has 0 fully saturated rings. The van der Waals surface area contributed by atoms with Gasteiger partial charge in [-0.25, -0.2) is 0 Å². The number of esters is 1. The third-order valence-corrected chi connectivity index (χ3v) is 4.30. The Morgan fingerprint density at radius 1 is 1.54 bits per heavy atom. The first-order valence-electron chi connectivity index (χ1n) is 8.10. The molecular weight excluding hydrogens is 304 g/mol. The molecule has 0 amide bonds. The molecule has 0 saturated heterocycles. The molecule has 0 aliphatic carbocycles. The second-order valence-electron chi connectivity index (χ2n) is 5.87. The van der Waals surface area contributed by atoms with Gasteiger partial charge in [-0.05, 0) is 37.5 Å². The highest BCUT2D eigenvalue weighted by atomic mass is 16.7. The Bertz CT molecular complexity index is 844. The summed E-state index contributed by atoms with van der Waals surface area (Å²) in [6, 6.07) is 7.83. The summed E-state index contributed by atoms with van der Waals surface area (Å²) in [7, 11) is 0. The molecule has 5 heteroatoms. The molecule has 5 nitrogen and oxygen atoms in total. The summed E-state index contributed by atoms with van der Waals surface area (Å²) in [5.41, 5.74) is 3.26. The minimum absolute atomic E-state index is 0.387. The Kier molecular flexibility index (Phi) is 4.41. The van der Waals surface area contributed by atoms with Crippen LogP contribution in [0.5, 0.6) is 0 Å². The van der Waals surface area contributed by atoms with Crippen molar-refractivity contribution in [2.24, 2.45) is 0 Å². The first-order chi connectivity index (χ1) is 11.6. The largest absolute Gasteiger partial charge is 0.427 e. The Morgan fingerprint density at radius 3 is 3.08 bits per heavy atom. The van der Waals surface area contributed by atoms with Gasteiger partial charge in [0.05, 0.1) is 23.9 Å². The van der Waals surface area contributed by atoms with E-state index in [2.05, 4.69) is 11.1 Å². The summed E-state index contributed by atoms with van der Waals surface area (Å²) in [4.78, 5) is 15.0. The van der Waals surface area contributed by atoms with Gasteiger partial charge in [0.2, 0.25) is 0 Å². The number of H-pyrrole nitrogens is 1. The second kappa shape index (κ2) is 6.50. The lowest BCUT2D eigenvalue weighted by Crippen LogP contribution is -2.39. The lowest BCUT2D eigenvalue weighted by Gasteiger charge is -2.36. The highest BCUT2D eigenvalue weighted by Crippen LogP contribution is 2.41. The number of aromatic nitrogens is 1. The van der Waals surface area contributed by atoms with Gasteiger partial charge in [-0.2, -0.15) is 5.26 Å². The monoisotopic (exact) mass is 324 g/mol. The summed E-state index contributed by atoms with van der Waals surface area (Å²) in [6.45, 7) is 3.79. The molecule has 1 unspecified atom stereocenters. The first-order valence-corrected chi connectivity index (χ1v) is 8.10. The number of carbonyl (C=O) groups excluding carboxylic acids is 1. The number of rotatable bonds is 4. The number of nitrogens with one attached hydrogen (secondary N) is 1. The average Bonchev–Trinajstić information content (AvgIpc) is 2.95. The van der Waals surface area contributed by atoms with Crippen LogP contribution in [-0.4, -0.2) is 17.6 Å². The molecule has 1 N–H and O–H groups in total. The van der Waals surface area contributed by atoms with Crippen molar-refractivity contribution in [2.75, 3.05) is 6.61 Å². The van der Waals surface area contributed by atoms with E-state index in [9.17, 15) is 10.1 Å². The van der Waals surface area contributed by atoms with E-state index in [-0.39, 0.29) is 5.97 Å². The maximum atomic E-state index is 11.7. The molecule has 0 radical (unpaired) electrons. The van der Waals surface area contributed by atoms with Gasteiger partial charge in [-0.15, -0.1) is 0 Å². The van der Waals surface area contributed by atoms with Gasteiger partial charge in [0.25, 0.3) is 5.79 Å². The summed E-state index contributed by atoms with van der Waals surface area (Å²) in [5.74, 6) is -1.51. The number of allylic oxidation sites excluding steroid dienone is 2. The van der Waals surface area contributed by atoms with E-state index < -0.39 is 5.79 Å². The topological polar surface area (TPSA) is 75.1 Å². The van der Waals surface area contributed by atoms with Gasteiger partial charge in [-0.1, -0.05) is 18.2 Å². The summed E-state index contributed by atoms with van der Waals surface area (Å²) in [5, 5.41) is 10.3. The Labute approximate surface area is 140 Å². The fourth-order valence-electron chi connectivity index (χ4n) is 3.38. The van der Waals surface area contributed by atoms with E-state index in [0.717, 1.165) is 28.6 Å². The van der Waals surface area contributed by atoms with Crippen LogP contribution in [0.1, 0.15) is 43.5 Å². The van der Waals surface area contributed by atoms with Crippen molar-refractivity contribution in [1.82, 2.24) is 4.98 Å². The van der Waals surface area contributed by atoms with Crippen LogP contribution >= 0.6 is 0 Å². The number of benzene rings is 1. The molecule has 1 aliphatic heterocycles. The minimum atomic E-state index is -1.12. The van der Waals surface area contributed by atoms with E-state index in [1.807, 2.05) is 31.2 Å². The Morgan fingerprint density at radius 2 is 2.38 bits per heavy atom. The van der Waals surface area contributed by atoms with Crippen molar-refractivity contribution < 1.29 is 14.3 Å². The van der Waals surface area contributed by atoms with Crippen molar-refractivity contribution >= 4 is 16.9 Å². The number of fused-ring (bicyclic) bond motifs is 3. The molecule has 1 atom stereocenters. The van der Waals surface area contributed by atoms with Gasteiger partial charge in [-0.3, -0.25) is 4.79 Å². The van der Waals surface area contributed by atoms with Crippen LogP contribution in [0, 0.1) is 11.3 Å². The number of nitriles is 1. The molecule has 24 heavy (non-hydrogen) atoms. The van der Waals surface area contributed by atoms with Gasteiger partial charge in [0, 0.05) is 24.2 Å². The third kappa shape index (κ3) is 2.70. The SMILES string of the molecule is CC=CCCC1(OC(C)=O)OCCc2c1[nH]c1cccc(C#N)c21. The van der Waals surface area contributed by atoms with Crippen molar-refractivity contribution in [3.63, 3.8) is 0 Å². The van der Waals surface area contributed by atoms with Crippen LogP contribution in [0.15, 0.2) is 30.4 Å². The zero-order valence-electron chi connectivity index (χ0n) is 13.9. The maximum Gasteiger partial charge on any atom is 0.305 e. The number of nitrogens with zero attached hydrogens (tertiary/aromatic N) is 1. The zero-order valence-corrected chi connectivity index (χ0v) is 13.9. The maximum absolute atomic E-state index is 11.7. The normalized spacial score (nSPS) is 20.0. The Hall–Kier alpha value is -2.58.